The first-order valence-electron chi connectivity index (χ1n) is 6.43. The summed E-state index contributed by atoms with van der Waals surface area (Å²) < 4.78 is 0. The van der Waals surface area contributed by atoms with Crippen molar-refractivity contribution >= 4 is 23.5 Å². The van der Waals surface area contributed by atoms with Crippen molar-refractivity contribution in [1.29, 1.82) is 0 Å². The van der Waals surface area contributed by atoms with Gasteiger partial charge >= 0.3 is 5.97 Å². The van der Waals surface area contributed by atoms with Crippen molar-refractivity contribution in [3.8, 4) is 0 Å². The van der Waals surface area contributed by atoms with Gasteiger partial charge in [-0.15, -0.1) is 0 Å². The smallest absolute Gasteiger partial charge is 0.329 e. The highest BCUT2D eigenvalue weighted by Gasteiger charge is 2.43. The molecule has 0 aliphatic heterocycles. The summed E-state index contributed by atoms with van der Waals surface area (Å²) in [6, 6.07) is 6.30. The van der Waals surface area contributed by atoms with Gasteiger partial charge in [0.25, 0.3) is 5.91 Å². The number of aliphatic carboxylic acids is 1. The number of rotatable bonds is 4. The van der Waals surface area contributed by atoms with E-state index < -0.39 is 23.5 Å². The molecule has 1 atom stereocenters. The quantitative estimate of drug-likeness (QED) is 0.792. The molecular weight excluding hydrogens is 282 g/mol. The maximum Gasteiger partial charge on any atom is 0.329 e. The number of amides is 1. The normalized spacial score (nSPS) is 18.5. The van der Waals surface area contributed by atoms with E-state index in [0.717, 1.165) is 12.8 Å². The molecule has 1 aromatic carbocycles. The lowest BCUT2D eigenvalue weighted by Gasteiger charge is -2.26. The fraction of sp³-hybridized carbons (Fsp3) is 0.429. The van der Waals surface area contributed by atoms with Crippen molar-refractivity contribution in [3.63, 3.8) is 0 Å². The van der Waals surface area contributed by atoms with Crippen LogP contribution in [0, 0.1) is 0 Å². The first kappa shape index (κ1) is 14.8. The average Bonchev–Trinajstić information content (AvgIpc) is 2.87. The minimum atomic E-state index is -1.43. The third kappa shape index (κ3) is 2.94. The number of nitrogens with one attached hydrogen (secondary N) is 1. The molecule has 1 saturated carbocycles. The fourth-order valence-electron chi connectivity index (χ4n) is 2.50. The predicted octanol–water partition coefficient (Wildman–Crippen LogP) is 1.89. The zero-order valence-corrected chi connectivity index (χ0v) is 11.6. The summed E-state index contributed by atoms with van der Waals surface area (Å²) in [7, 11) is 0. The molecule has 20 heavy (non-hydrogen) atoms. The molecular formula is C14H16ClNO4. The number of hydrogen-bond acceptors (Lipinski definition) is 3. The minimum Gasteiger partial charge on any atom is -0.480 e. The van der Waals surface area contributed by atoms with Gasteiger partial charge in [-0.3, -0.25) is 4.79 Å². The van der Waals surface area contributed by atoms with E-state index in [1.165, 1.54) is 6.07 Å². The van der Waals surface area contributed by atoms with Gasteiger partial charge in [0, 0.05) is 5.02 Å². The van der Waals surface area contributed by atoms with Crippen molar-refractivity contribution in [1.82, 2.24) is 5.32 Å². The molecule has 2 rings (SSSR count). The topological polar surface area (TPSA) is 86.6 Å². The van der Waals surface area contributed by atoms with Crippen LogP contribution in [0.4, 0.5) is 0 Å². The van der Waals surface area contributed by atoms with Gasteiger partial charge in [0.1, 0.15) is 5.54 Å². The molecule has 0 aromatic heterocycles. The molecule has 1 aromatic rings. The van der Waals surface area contributed by atoms with Crippen molar-refractivity contribution in [2.45, 2.75) is 37.3 Å². The van der Waals surface area contributed by atoms with Crippen LogP contribution in [0.1, 0.15) is 37.4 Å². The van der Waals surface area contributed by atoms with Gasteiger partial charge in [-0.2, -0.15) is 0 Å². The van der Waals surface area contributed by atoms with Crippen LogP contribution >= 0.6 is 11.6 Å². The Balaban J connectivity index is 2.13. The van der Waals surface area contributed by atoms with E-state index in [2.05, 4.69) is 5.32 Å². The molecule has 0 unspecified atom stereocenters. The van der Waals surface area contributed by atoms with Gasteiger partial charge in [-0.05, 0) is 30.5 Å². The van der Waals surface area contributed by atoms with Crippen LogP contribution in [-0.2, 0) is 9.59 Å². The predicted molar refractivity (Wildman–Crippen MR) is 73.4 cm³/mol. The molecule has 5 nitrogen and oxygen atoms in total. The maximum atomic E-state index is 12.1. The van der Waals surface area contributed by atoms with Crippen LogP contribution < -0.4 is 5.32 Å². The molecule has 0 radical (unpaired) electrons. The van der Waals surface area contributed by atoms with Crippen molar-refractivity contribution in [3.05, 3.63) is 34.9 Å². The van der Waals surface area contributed by atoms with E-state index in [9.17, 15) is 19.8 Å². The number of carbonyl (C=O) groups excluding carboxylic acids is 1. The Morgan fingerprint density at radius 2 is 1.95 bits per heavy atom. The second-order valence-corrected chi connectivity index (χ2v) is 5.48. The Morgan fingerprint density at radius 3 is 2.50 bits per heavy atom. The summed E-state index contributed by atoms with van der Waals surface area (Å²) in [4.78, 5) is 23.4. The third-order valence-corrected chi connectivity index (χ3v) is 3.88. The lowest BCUT2D eigenvalue weighted by molar-refractivity contribution is -0.149. The van der Waals surface area contributed by atoms with Crippen molar-refractivity contribution in [2.75, 3.05) is 0 Å². The van der Waals surface area contributed by atoms with E-state index in [-0.39, 0.29) is 0 Å². The number of aliphatic hydroxyl groups excluding tert-OH is 1. The van der Waals surface area contributed by atoms with E-state index in [0.29, 0.717) is 23.4 Å². The Hall–Kier alpha value is -1.59. The lowest BCUT2D eigenvalue weighted by atomic mass is 9.96. The Kier molecular flexibility index (Phi) is 4.30. The van der Waals surface area contributed by atoms with E-state index >= 15 is 0 Å². The van der Waals surface area contributed by atoms with Crippen LogP contribution in [0.5, 0.6) is 0 Å². The highest BCUT2D eigenvalue weighted by atomic mass is 35.5. The maximum absolute atomic E-state index is 12.1. The summed E-state index contributed by atoms with van der Waals surface area (Å²) in [6.45, 7) is 0. The van der Waals surface area contributed by atoms with Crippen LogP contribution in [0.15, 0.2) is 24.3 Å². The second kappa shape index (κ2) is 5.81. The zero-order chi connectivity index (χ0) is 14.8. The minimum absolute atomic E-state index is 0.341. The summed E-state index contributed by atoms with van der Waals surface area (Å²) in [5.74, 6) is -1.77. The summed E-state index contributed by atoms with van der Waals surface area (Å²) in [6.07, 6.45) is 0.845. The number of halogens is 1. The number of carboxylic acids is 1. The Labute approximate surface area is 121 Å². The molecule has 0 saturated heterocycles. The Morgan fingerprint density at radius 1 is 1.30 bits per heavy atom. The van der Waals surface area contributed by atoms with Crippen LogP contribution in [0.25, 0.3) is 0 Å². The third-order valence-electron chi connectivity index (χ3n) is 3.64. The fourth-order valence-corrected chi connectivity index (χ4v) is 2.70. The first-order valence-corrected chi connectivity index (χ1v) is 6.81. The van der Waals surface area contributed by atoms with Gasteiger partial charge in [-0.1, -0.05) is 36.6 Å². The van der Waals surface area contributed by atoms with Gasteiger partial charge in [0.15, 0.2) is 6.10 Å². The summed E-state index contributed by atoms with van der Waals surface area (Å²) in [5.41, 5.74) is -0.912. The molecule has 3 N–H and O–H groups in total. The molecule has 0 spiro atoms. The number of hydrogen-bond donors (Lipinski definition) is 3. The largest absolute Gasteiger partial charge is 0.480 e. The second-order valence-electron chi connectivity index (χ2n) is 5.04. The first-order chi connectivity index (χ1) is 9.44. The number of carboxylic acid groups (broad SMARTS) is 1. The number of aliphatic hydroxyl groups is 1. The zero-order valence-electron chi connectivity index (χ0n) is 10.8. The molecule has 1 aliphatic rings. The van der Waals surface area contributed by atoms with Crippen LogP contribution in [-0.4, -0.2) is 27.6 Å². The summed E-state index contributed by atoms with van der Waals surface area (Å²) >= 11 is 5.80. The highest BCUT2D eigenvalue weighted by molar-refractivity contribution is 6.30. The molecule has 0 bridgehead atoms. The van der Waals surface area contributed by atoms with Gasteiger partial charge < -0.3 is 15.5 Å². The van der Waals surface area contributed by atoms with Crippen LogP contribution in [0.3, 0.4) is 0 Å². The van der Waals surface area contributed by atoms with Gasteiger partial charge in [0.05, 0.1) is 0 Å². The molecule has 1 aliphatic carbocycles. The monoisotopic (exact) mass is 297 g/mol. The van der Waals surface area contributed by atoms with E-state index in [1.807, 2.05) is 0 Å². The van der Waals surface area contributed by atoms with E-state index in [4.69, 9.17) is 11.6 Å². The molecule has 1 amide bonds. The lowest BCUT2D eigenvalue weighted by Crippen LogP contribution is -2.53. The van der Waals surface area contributed by atoms with Crippen molar-refractivity contribution < 1.29 is 19.8 Å². The number of benzene rings is 1. The summed E-state index contributed by atoms with van der Waals surface area (Å²) in [5, 5.41) is 22.2. The standard InChI is InChI=1S/C14H16ClNO4/c15-10-5-3-4-9(8-10)11(17)12(18)16-14(13(19)20)6-1-2-7-14/h3-5,8,11,17H,1-2,6-7H2,(H,16,18)(H,19,20)/t11-/m0/s1. The SMILES string of the molecule is O=C(NC1(C(=O)O)CCCC1)[C@@H](O)c1cccc(Cl)c1. The molecule has 0 heterocycles. The molecule has 108 valence electrons. The average molecular weight is 298 g/mol. The molecule has 1 fully saturated rings. The van der Waals surface area contributed by atoms with Gasteiger partial charge in [0.2, 0.25) is 0 Å². The van der Waals surface area contributed by atoms with Crippen molar-refractivity contribution in [2.24, 2.45) is 0 Å². The molecule has 6 heteroatoms. The highest BCUT2D eigenvalue weighted by Crippen LogP contribution is 2.30. The van der Waals surface area contributed by atoms with E-state index in [1.54, 1.807) is 18.2 Å². The van der Waals surface area contributed by atoms with Crippen LogP contribution in [0.2, 0.25) is 5.02 Å². The Bertz CT molecular complexity index is 526. The number of carbonyl (C=O) groups is 2. The van der Waals surface area contributed by atoms with Gasteiger partial charge in [-0.25, -0.2) is 4.79 Å².